The van der Waals surface area contributed by atoms with E-state index in [-0.39, 0.29) is 0 Å². The first kappa shape index (κ1) is 11.5. The largest absolute Gasteiger partial charge is 0.496 e. The number of fused-ring (bicyclic) bond motifs is 1. The Labute approximate surface area is 108 Å². The highest BCUT2D eigenvalue weighted by atomic mass is 16.5. The lowest BCUT2D eigenvalue weighted by Gasteiger charge is -2.31. The van der Waals surface area contributed by atoms with Crippen LogP contribution in [0.4, 0.5) is 5.69 Å². The Bertz CT molecular complexity index is 481. The van der Waals surface area contributed by atoms with Gasteiger partial charge < -0.3 is 10.2 Å². The van der Waals surface area contributed by atoms with E-state index in [4.69, 9.17) is 4.74 Å². The number of methoxy groups -OCH3 is 1. The minimum atomic E-state index is 0.548. The van der Waals surface area contributed by atoms with Gasteiger partial charge in [-0.25, -0.2) is 0 Å². The van der Waals surface area contributed by atoms with E-state index in [9.17, 15) is 0 Å². The van der Waals surface area contributed by atoms with Gasteiger partial charge in [0.15, 0.2) is 0 Å². The van der Waals surface area contributed by atoms with E-state index in [1.54, 1.807) is 12.7 Å². The summed E-state index contributed by atoms with van der Waals surface area (Å²) in [6, 6.07) is 6.92. The molecule has 1 saturated carbocycles. The maximum Gasteiger partial charge on any atom is 0.121 e. The summed E-state index contributed by atoms with van der Waals surface area (Å²) in [6.07, 6.45) is 7.34. The van der Waals surface area contributed by atoms with Gasteiger partial charge in [0.25, 0.3) is 0 Å². The van der Waals surface area contributed by atoms with Crippen LogP contribution in [0.15, 0.2) is 30.0 Å². The molecule has 1 heterocycles. The first-order valence-electron chi connectivity index (χ1n) is 6.68. The highest BCUT2D eigenvalue weighted by molar-refractivity contribution is 5.55. The SMILES string of the molecule is COc1ccc(N2NC=C3CCCCC32)cc1C. The van der Waals surface area contributed by atoms with Crippen molar-refractivity contribution in [1.29, 1.82) is 0 Å². The molecular formula is C15H20N2O. The maximum atomic E-state index is 5.32. The third kappa shape index (κ3) is 1.84. The van der Waals surface area contributed by atoms with Crippen molar-refractivity contribution in [2.45, 2.75) is 38.6 Å². The van der Waals surface area contributed by atoms with Crippen molar-refractivity contribution in [3.63, 3.8) is 0 Å². The normalized spacial score (nSPS) is 22.2. The fraction of sp³-hybridized carbons (Fsp3) is 0.467. The molecule has 1 aliphatic heterocycles. The standard InChI is InChI=1S/C15H20N2O/c1-11-9-13(7-8-15(11)18-2)17-14-6-4-3-5-12(14)10-16-17/h7-10,14,16H,3-6H2,1-2H3. The van der Waals surface area contributed by atoms with Gasteiger partial charge in [0.05, 0.1) is 18.8 Å². The Morgan fingerprint density at radius 1 is 1.33 bits per heavy atom. The van der Waals surface area contributed by atoms with Crippen molar-refractivity contribution in [2.75, 3.05) is 12.1 Å². The highest BCUT2D eigenvalue weighted by Gasteiger charge is 2.29. The van der Waals surface area contributed by atoms with Crippen LogP contribution in [0, 0.1) is 6.92 Å². The van der Waals surface area contributed by atoms with Crippen LogP contribution in [0.25, 0.3) is 0 Å². The number of hydrogen-bond acceptors (Lipinski definition) is 3. The van der Waals surface area contributed by atoms with E-state index in [2.05, 4.69) is 35.7 Å². The van der Waals surface area contributed by atoms with Crippen LogP contribution >= 0.6 is 0 Å². The average Bonchev–Trinajstić information content (AvgIpc) is 2.82. The molecule has 96 valence electrons. The Kier molecular flexibility index (Phi) is 2.90. The van der Waals surface area contributed by atoms with E-state index >= 15 is 0 Å². The molecule has 1 fully saturated rings. The Balaban J connectivity index is 1.85. The minimum Gasteiger partial charge on any atom is -0.496 e. The molecule has 1 aliphatic carbocycles. The molecular weight excluding hydrogens is 224 g/mol. The van der Waals surface area contributed by atoms with Gasteiger partial charge in [0.2, 0.25) is 0 Å². The Morgan fingerprint density at radius 2 is 2.22 bits per heavy atom. The summed E-state index contributed by atoms with van der Waals surface area (Å²) in [5, 5.41) is 2.29. The van der Waals surface area contributed by atoms with Gasteiger partial charge >= 0.3 is 0 Å². The number of nitrogens with one attached hydrogen (secondary N) is 1. The van der Waals surface area contributed by atoms with Crippen LogP contribution in [0.1, 0.15) is 31.2 Å². The maximum absolute atomic E-state index is 5.32. The van der Waals surface area contributed by atoms with Gasteiger partial charge in [-0.05, 0) is 55.5 Å². The first-order chi connectivity index (χ1) is 8.79. The zero-order chi connectivity index (χ0) is 12.5. The Morgan fingerprint density at radius 3 is 3.00 bits per heavy atom. The molecule has 1 aromatic rings. The summed E-state index contributed by atoms with van der Waals surface area (Å²) in [6.45, 7) is 2.09. The average molecular weight is 244 g/mol. The lowest BCUT2D eigenvalue weighted by atomic mass is 9.91. The number of ether oxygens (including phenoxy) is 1. The van der Waals surface area contributed by atoms with Crippen molar-refractivity contribution >= 4 is 5.69 Å². The van der Waals surface area contributed by atoms with Gasteiger partial charge in [-0.1, -0.05) is 6.42 Å². The molecule has 1 N–H and O–H groups in total. The van der Waals surface area contributed by atoms with Gasteiger partial charge in [0.1, 0.15) is 5.75 Å². The number of anilines is 1. The fourth-order valence-corrected chi connectivity index (χ4v) is 2.99. The third-order valence-corrected chi connectivity index (χ3v) is 3.98. The summed E-state index contributed by atoms with van der Waals surface area (Å²) in [7, 11) is 1.72. The quantitative estimate of drug-likeness (QED) is 0.865. The summed E-state index contributed by atoms with van der Waals surface area (Å²) in [5.41, 5.74) is 7.37. The number of hydrazine groups is 1. The second kappa shape index (κ2) is 4.56. The van der Waals surface area contributed by atoms with Crippen molar-refractivity contribution in [3.05, 3.63) is 35.5 Å². The number of nitrogens with zero attached hydrogens (tertiary/aromatic N) is 1. The number of hydrogen-bond donors (Lipinski definition) is 1. The second-order valence-corrected chi connectivity index (χ2v) is 5.13. The molecule has 1 atom stereocenters. The van der Waals surface area contributed by atoms with Gasteiger partial charge in [-0.3, -0.25) is 5.01 Å². The van der Waals surface area contributed by atoms with Crippen LogP contribution in [-0.4, -0.2) is 13.2 Å². The molecule has 0 saturated heterocycles. The molecule has 2 aliphatic rings. The molecule has 1 unspecified atom stereocenters. The molecule has 3 rings (SSSR count). The molecule has 1 aromatic carbocycles. The minimum absolute atomic E-state index is 0.548. The Hall–Kier alpha value is -1.64. The molecule has 0 spiro atoms. The van der Waals surface area contributed by atoms with Gasteiger partial charge in [0, 0.05) is 6.20 Å². The monoisotopic (exact) mass is 244 g/mol. The van der Waals surface area contributed by atoms with E-state index in [1.165, 1.54) is 36.9 Å². The molecule has 0 amide bonds. The lowest BCUT2D eigenvalue weighted by Crippen LogP contribution is -2.39. The smallest absolute Gasteiger partial charge is 0.121 e. The third-order valence-electron chi connectivity index (χ3n) is 3.98. The van der Waals surface area contributed by atoms with E-state index in [0.29, 0.717) is 6.04 Å². The molecule has 18 heavy (non-hydrogen) atoms. The van der Waals surface area contributed by atoms with Crippen molar-refractivity contribution in [2.24, 2.45) is 0 Å². The van der Waals surface area contributed by atoms with E-state index < -0.39 is 0 Å². The number of rotatable bonds is 2. The summed E-state index contributed by atoms with van der Waals surface area (Å²) in [5.74, 6) is 0.953. The fourth-order valence-electron chi connectivity index (χ4n) is 2.99. The summed E-state index contributed by atoms with van der Waals surface area (Å²) >= 11 is 0. The van der Waals surface area contributed by atoms with Crippen LogP contribution in [-0.2, 0) is 0 Å². The molecule has 0 aromatic heterocycles. The lowest BCUT2D eigenvalue weighted by molar-refractivity contribution is 0.411. The zero-order valence-corrected chi connectivity index (χ0v) is 11.1. The summed E-state index contributed by atoms with van der Waals surface area (Å²) in [4.78, 5) is 0. The predicted octanol–water partition coefficient (Wildman–Crippen LogP) is 3.15. The number of benzene rings is 1. The van der Waals surface area contributed by atoms with Crippen molar-refractivity contribution in [3.8, 4) is 5.75 Å². The predicted molar refractivity (Wildman–Crippen MR) is 73.7 cm³/mol. The number of aryl methyl sites for hydroxylation is 1. The molecule has 0 radical (unpaired) electrons. The summed E-state index contributed by atoms with van der Waals surface area (Å²) < 4.78 is 5.32. The van der Waals surface area contributed by atoms with Crippen molar-refractivity contribution < 1.29 is 4.74 Å². The second-order valence-electron chi connectivity index (χ2n) is 5.13. The van der Waals surface area contributed by atoms with Crippen LogP contribution in [0.3, 0.4) is 0 Å². The molecule has 0 bridgehead atoms. The van der Waals surface area contributed by atoms with Crippen LogP contribution < -0.4 is 15.2 Å². The first-order valence-corrected chi connectivity index (χ1v) is 6.68. The van der Waals surface area contributed by atoms with Crippen molar-refractivity contribution in [1.82, 2.24) is 5.43 Å². The van der Waals surface area contributed by atoms with E-state index in [0.717, 1.165) is 5.75 Å². The molecule has 3 nitrogen and oxygen atoms in total. The van der Waals surface area contributed by atoms with Gasteiger partial charge in [-0.2, -0.15) is 0 Å². The molecule has 3 heteroatoms. The van der Waals surface area contributed by atoms with E-state index in [1.807, 2.05) is 6.07 Å². The van der Waals surface area contributed by atoms with Crippen LogP contribution in [0.5, 0.6) is 5.75 Å². The topological polar surface area (TPSA) is 24.5 Å². The van der Waals surface area contributed by atoms with Crippen LogP contribution in [0.2, 0.25) is 0 Å². The van der Waals surface area contributed by atoms with Gasteiger partial charge in [-0.15, -0.1) is 0 Å². The zero-order valence-electron chi connectivity index (χ0n) is 11.1. The highest BCUT2D eigenvalue weighted by Crippen LogP contribution is 2.34.